The summed E-state index contributed by atoms with van der Waals surface area (Å²) >= 11 is 0. The highest BCUT2D eigenvalue weighted by Crippen LogP contribution is 2.18. The molecule has 0 unspecified atom stereocenters. The van der Waals surface area contributed by atoms with Gasteiger partial charge in [-0.25, -0.2) is 5.43 Å². The molecule has 27 heavy (non-hydrogen) atoms. The Hall–Kier alpha value is -3.51. The molecule has 2 heterocycles. The van der Waals surface area contributed by atoms with E-state index in [1.165, 1.54) is 0 Å². The Labute approximate surface area is 156 Å². The molecule has 0 bridgehead atoms. The first-order valence-electron chi connectivity index (χ1n) is 8.69. The number of amides is 1. The van der Waals surface area contributed by atoms with Crippen molar-refractivity contribution in [3.8, 4) is 0 Å². The summed E-state index contributed by atoms with van der Waals surface area (Å²) in [6.45, 7) is 0. The Morgan fingerprint density at radius 3 is 2.96 bits per heavy atom. The summed E-state index contributed by atoms with van der Waals surface area (Å²) in [4.78, 5) is 19.8. The van der Waals surface area contributed by atoms with E-state index >= 15 is 0 Å². The lowest BCUT2D eigenvalue weighted by Gasteiger charge is -2.09. The normalized spacial score (nSPS) is 12.6. The van der Waals surface area contributed by atoms with Gasteiger partial charge in [-0.15, -0.1) is 0 Å². The first-order chi connectivity index (χ1) is 13.2. The second kappa shape index (κ2) is 7.39. The largest absolute Gasteiger partial charge is 0.361 e. The molecule has 0 saturated heterocycles. The highest BCUT2D eigenvalue weighted by molar-refractivity contribution is 5.97. The molecule has 134 valence electrons. The summed E-state index contributed by atoms with van der Waals surface area (Å²) in [6, 6.07) is 16.9. The minimum absolute atomic E-state index is 0.329. The Morgan fingerprint density at radius 2 is 2.04 bits per heavy atom. The molecule has 0 fully saturated rings. The lowest BCUT2D eigenvalue weighted by Crippen LogP contribution is -2.39. The maximum absolute atomic E-state index is 12.3. The first kappa shape index (κ1) is 16.9. The van der Waals surface area contributed by atoms with Gasteiger partial charge in [-0.3, -0.25) is 9.78 Å². The van der Waals surface area contributed by atoms with Crippen molar-refractivity contribution in [3.05, 3.63) is 78.1 Å². The quantitative estimate of drug-likeness (QED) is 0.378. The third-order valence-corrected chi connectivity index (χ3v) is 4.49. The van der Waals surface area contributed by atoms with Crippen LogP contribution in [0.25, 0.3) is 21.8 Å². The average molecular weight is 357 g/mol. The maximum Gasteiger partial charge on any atom is 0.257 e. The van der Waals surface area contributed by atoms with E-state index < -0.39 is 6.04 Å². The molecule has 2 aromatic heterocycles. The van der Waals surface area contributed by atoms with E-state index in [9.17, 15) is 4.79 Å². The van der Waals surface area contributed by atoms with Crippen molar-refractivity contribution in [2.24, 2.45) is 10.8 Å². The van der Waals surface area contributed by atoms with Gasteiger partial charge in [0.25, 0.3) is 5.91 Å². The molecule has 1 amide bonds. The van der Waals surface area contributed by atoms with Crippen molar-refractivity contribution in [2.45, 2.75) is 12.5 Å². The van der Waals surface area contributed by atoms with Crippen LogP contribution >= 0.6 is 0 Å². The molecule has 4 aromatic rings. The van der Waals surface area contributed by atoms with Crippen LogP contribution in [-0.2, 0) is 11.2 Å². The molecule has 0 radical (unpaired) electrons. The Morgan fingerprint density at radius 1 is 1.19 bits per heavy atom. The smallest absolute Gasteiger partial charge is 0.257 e. The average Bonchev–Trinajstić information content (AvgIpc) is 3.11. The number of rotatable bonds is 5. The molecule has 1 atom stereocenters. The van der Waals surface area contributed by atoms with E-state index in [0.717, 1.165) is 32.9 Å². The number of fused-ring (bicyclic) bond motifs is 2. The van der Waals surface area contributed by atoms with Crippen LogP contribution in [0.5, 0.6) is 0 Å². The predicted molar refractivity (Wildman–Crippen MR) is 107 cm³/mol. The van der Waals surface area contributed by atoms with E-state index in [1.807, 2.05) is 60.8 Å². The molecule has 0 aliphatic heterocycles. The monoisotopic (exact) mass is 357 g/mol. The molecule has 0 aliphatic rings. The van der Waals surface area contributed by atoms with Gasteiger partial charge in [-0.05, 0) is 24.1 Å². The predicted octanol–water partition coefficient (Wildman–Crippen LogP) is 2.74. The van der Waals surface area contributed by atoms with Gasteiger partial charge in [0, 0.05) is 34.2 Å². The van der Waals surface area contributed by atoms with Crippen LogP contribution < -0.4 is 11.2 Å². The first-order valence-corrected chi connectivity index (χ1v) is 8.69. The molecule has 6 heteroatoms. The maximum atomic E-state index is 12.3. The molecule has 4 rings (SSSR count). The molecule has 0 saturated carbocycles. The number of hydrazone groups is 1. The number of benzene rings is 2. The van der Waals surface area contributed by atoms with Crippen molar-refractivity contribution in [1.29, 1.82) is 0 Å². The molecule has 0 spiro atoms. The van der Waals surface area contributed by atoms with Gasteiger partial charge in [0.1, 0.15) is 0 Å². The van der Waals surface area contributed by atoms with Crippen LogP contribution in [0, 0.1) is 0 Å². The molecule has 0 aliphatic carbocycles. The molecular formula is C21H19N5O. The third-order valence-electron chi connectivity index (χ3n) is 4.49. The van der Waals surface area contributed by atoms with E-state index in [0.29, 0.717) is 6.42 Å². The topological polar surface area (TPSA) is 96.2 Å². The Bertz CT molecular complexity index is 1130. The van der Waals surface area contributed by atoms with Crippen molar-refractivity contribution in [2.75, 3.05) is 0 Å². The van der Waals surface area contributed by atoms with Crippen molar-refractivity contribution < 1.29 is 4.79 Å². The minimum atomic E-state index is -0.688. The lowest BCUT2D eigenvalue weighted by molar-refractivity contribution is -0.122. The SMILES string of the molecule is N[C@@H](Cc1c[nH]c2ccccc12)C(=O)NN=Cc1cccc2cccnc12. The standard InChI is InChI=1S/C21H19N5O/c22-18(11-16-12-24-19-9-2-1-8-17(16)19)21(27)26-25-13-15-6-3-5-14-7-4-10-23-20(14)15/h1-10,12-13,18,24H,11,22H2,(H,26,27)/t18-/m0/s1. The van der Waals surface area contributed by atoms with Crippen LogP contribution in [0.3, 0.4) is 0 Å². The summed E-state index contributed by atoms with van der Waals surface area (Å²) in [6.07, 6.45) is 5.64. The Kier molecular flexibility index (Phi) is 4.63. The fourth-order valence-corrected chi connectivity index (χ4v) is 3.11. The summed E-state index contributed by atoms with van der Waals surface area (Å²) < 4.78 is 0. The molecule has 6 nitrogen and oxygen atoms in total. The number of nitrogens with zero attached hydrogens (tertiary/aromatic N) is 2. The van der Waals surface area contributed by atoms with Gasteiger partial charge in [0.15, 0.2) is 0 Å². The Balaban J connectivity index is 1.43. The number of aromatic nitrogens is 2. The highest BCUT2D eigenvalue weighted by Gasteiger charge is 2.15. The number of carbonyl (C=O) groups excluding carboxylic acids is 1. The van der Waals surface area contributed by atoms with Crippen LogP contribution in [0.2, 0.25) is 0 Å². The number of carbonyl (C=O) groups is 1. The van der Waals surface area contributed by atoms with Crippen LogP contribution in [0.1, 0.15) is 11.1 Å². The van der Waals surface area contributed by atoms with Gasteiger partial charge < -0.3 is 10.7 Å². The van der Waals surface area contributed by atoms with Gasteiger partial charge in [-0.1, -0.05) is 42.5 Å². The summed E-state index contributed by atoms with van der Waals surface area (Å²) in [5.74, 6) is -0.329. The highest BCUT2D eigenvalue weighted by atomic mass is 16.2. The number of nitrogens with one attached hydrogen (secondary N) is 2. The zero-order valence-corrected chi connectivity index (χ0v) is 14.6. The van der Waals surface area contributed by atoms with Crippen molar-refractivity contribution in [3.63, 3.8) is 0 Å². The number of para-hydroxylation sites is 2. The number of hydrogen-bond donors (Lipinski definition) is 3. The van der Waals surface area contributed by atoms with Gasteiger partial charge in [0.05, 0.1) is 17.8 Å². The number of nitrogens with two attached hydrogens (primary N) is 1. The van der Waals surface area contributed by atoms with E-state index in [4.69, 9.17) is 5.73 Å². The summed E-state index contributed by atoms with van der Waals surface area (Å²) in [5, 5.41) is 6.14. The second-order valence-electron chi connectivity index (χ2n) is 6.33. The van der Waals surface area contributed by atoms with Crippen molar-refractivity contribution in [1.82, 2.24) is 15.4 Å². The van der Waals surface area contributed by atoms with E-state index in [-0.39, 0.29) is 5.91 Å². The molecule has 2 aromatic carbocycles. The van der Waals surface area contributed by atoms with E-state index in [2.05, 4.69) is 20.5 Å². The number of pyridine rings is 1. The fourth-order valence-electron chi connectivity index (χ4n) is 3.11. The molecular weight excluding hydrogens is 338 g/mol. The third kappa shape index (κ3) is 3.56. The van der Waals surface area contributed by atoms with Crippen molar-refractivity contribution >= 4 is 33.9 Å². The van der Waals surface area contributed by atoms with Crippen LogP contribution in [0.15, 0.2) is 72.1 Å². The van der Waals surface area contributed by atoms with Gasteiger partial charge in [-0.2, -0.15) is 5.10 Å². The van der Waals surface area contributed by atoms with Gasteiger partial charge in [0.2, 0.25) is 0 Å². The summed E-state index contributed by atoms with van der Waals surface area (Å²) in [7, 11) is 0. The van der Waals surface area contributed by atoms with Gasteiger partial charge >= 0.3 is 0 Å². The van der Waals surface area contributed by atoms with Crippen LogP contribution in [-0.4, -0.2) is 28.1 Å². The summed E-state index contributed by atoms with van der Waals surface area (Å²) in [5.41, 5.74) is 12.3. The zero-order chi connectivity index (χ0) is 18.6. The zero-order valence-electron chi connectivity index (χ0n) is 14.6. The minimum Gasteiger partial charge on any atom is -0.361 e. The number of aromatic amines is 1. The number of H-pyrrole nitrogens is 1. The van der Waals surface area contributed by atoms with E-state index in [1.54, 1.807) is 12.4 Å². The molecule has 4 N–H and O–H groups in total. The lowest BCUT2D eigenvalue weighted by atomic mass is 10.1. The second-order valence-corrected chi connectivity index (χ2v) is 6.33. The number of hydrogen-bond acceptors (Lipinski definition) is 4. The fraction of sp³-hybridized carbons (Fsp3) is 0.0952. The van der Waals surface area contributed by atoms with Crippen LogP contribution in [0.4, 0.5) is 0 Å².